The number of hydrogen-bond acceptors (Lipinski definition) is 4. The second kappa shape index (κ2) is 6.68. The number of amides is 1. The minimum Gasteiger partial charge on any atom is -0.465 e. The molecule has 0 fully saturated rings. The molecule has 0 aliphatic carbocycles. The van der Waals surface area contributed by atoms with Crippen LogP contribution in [0.1, 0.15) is 39.6 Å². The number of nitrogens with two attached hydrogens (primary N) is 1. The van der Waals surface area contributed by atoms with Gasteiger partial charge in [-0.25, -0.2) is 4.79 Å². The molecule has 0 saturated heterocycles. The van der Waals surface area contributed by atoms with Crippen LogP contribution in [0.3, 0.4) is 0 Å². The Hall–Kier alpha value is -2.17. The molecule has 0 aliphatic heterocycles. The molecule has 0 aromatic heterocycles. The van der Waals surface area contributed by atoms with E-state index in [0.717, 1.165) is 5.56 Å². The number of hydrogen-bond donors (Lipinski definition) is 1. The average molecular weight is 263 g/mol. The first-order valence-corrected chi connectivity index (χ1v) is 5.92. The molecule has 1 aromatic rings. The van der Waals surface area contributed by atoms with Crippen molar-refractivity contribution in [3.05, 3.63) is 34.9 Å². The standard InChI is InChI=1S/C14H17NO4/c1-9(6-13(15)17)5-10-3-4-11(8-16)12(7-10)14(18)19-2/h3-4,7-9H,5-6H2,1-2H3,(H2,15,17). The van der Waals surface area contributed by atoms with E-state index in [0.29, 0.717) is 12.7 Å². The van der Waals surface area contributed by atoms with Gasteiger partial charge in [-0.15, -0.1) is 0 Å². The molecule has 5 nitrogen and oxygen atoms in total. The van der Waals surface area contributed by atoms with Crippen LogP contribution in [0.5, 0.6) is 0 Å². The Bertz CT molecular complexity index is 496. The minimum atomic E-state index is -0.550. The number of methoxy groups -OCH3 is 1. The topological polar surface area (TPSA) is 86.5 Å². The van der Waals surface area contributed by atoms with Crippen molar-refractivity contribution in [1.29, 1.82) is 0 Å². The highest BCUT2D eigenvalue weighted by atomic mass is 16.5. The highest BCUT2D eigenvalue weighted by Crippen LogP contribution is 2.16. The summed E-state index contributed by atoms with van der Waals surface area (Å²) in [5.74, 6) is -0.832. The van der Waals surface area contributed by atoms with Gasteiger partial charge in [0.05, 0.1) is 12.7 Å². The Morgan fingerprint density at radius 3 is 2.63 bits per heavy atom. The molecule has 1 atom stereocenters. The summed E-state index contributed by atoms with van der Waals surface area (Å²) in [7, 11) is 1.26. The summed E-state index contributed by atoms with van der Waals surface area (Å²) in [6.07, 6.45) is 1.50. The van der Waals surface area contributed by atoms with Crippen LogP contribution in [0, 0.1) is 5.92 Å². The summed E-state index contributed by atoms with van der Waals surface area (Å²) >= 11 is 0. The van der Waals surface area contributed by atoms with Gasteiger partial charge in [-0.1, -0.05) is 19.1 Å². The molecule has 5 heteroatoms. The van der Waals surface area contributed by atoms with Crippen molar-refractivity contribution in [3.63, 3.8) is 0 Å². The number of benzene rings is 1. The molecular weight excluding hydrogens is 246 g/mol. The quantitative estimate of drug-likeness (QED) is 0.619. The number of carbonyl (C=O) groups excluding carboxylic acids is 3. The first-order valence-electron chi connectivity index (χ1n) is 5.92. The molecule has 1 unspecified atom stereocenters. The maximum atomic E-state index is 11.6. The molecule has 1 aromatic carbocycles. The van der Waals surface area contributed by atoms with E-state index in [-0.39, 0.29) is 29.4 Å². The summed E-state index contributed by atoms with van der Waals surface area (Å²) in [6.45, 7) is 1.90. The number of aldehydes is 1. The molecule has 1 rings (SSSR count). The number of primary amides is 1. The predicted molar refractivity (Wildman–Crippen MR) is 69.8 cm³/mol. The van der Waals surface area contributed by atoms with Crippen LogP contribution in [0.2, 0.25) is 0 Å². The zero-order chi connectivity index (χ0) is 14.4. The van der Waals surface area contributed by atoms with E-state index in [4.69, 9.17) is 5.73 Å². The Balaban J connectivity index is 2.95. The molecule has 2 N–H and O–H groups in total. The van der Waals surface area contributed by atoms with Gasteiger partial charge in [-0.05, 0) is 24.0 Å². The van der Waals surface area contributed by atoms with E-state index < -0.39 is 5.97 Å². The number of esters is 1. The van der Waals surface area contributed by atoms with Crippen molar-refractivity contribution in [1.82, 2.24) is 0 Å². The van der Waals surface area contributed by atoms with E-state index in [1.54, 1.807) is 18.2 Å². The molecule has 102 valence electrons. The summed E-state index contributed by atoms with van der Waals surface area (Å²) < 4.78 is 4.63. The van der Waals surface area contributed by atoms with Gasteiger partial charge >= 0.3 is 5.97 Å². The van der Waals surface area contributed by atoms with Crippen LogP contribution in [0.4, 0.5) is 0 Å². The smallest absolute Gasteiger partial charge is 0.338 e. The normalized spacial score (nSPS) is 11.7. The maximum absolute atomic E-state index is 11.6. The van der Waals surface area contributed by atoms with Crippen LogP contribution in [-0.2, 0) is 16.0 Å². The number of ether oxygens (including phenoxy) is 1. The van der Waals surface area contributed by atoms with E-state index >= 15 is 0 Å². The molecule has 19 heavy (non-hydrogen) atoms. The lowest BCUT2D eigenvalue weighted by molar-refractivity contribution is -0.118. The molecule has 0 heterocycles. The third kappa shape index (κ3) is 4.21. The fourth-order valence-electron chi connectivity index (χ4n) is 1.94. The van der Waals surface area contributed by atoms with Gasteiger partial charge < -0.3 is 10.5 Å². The van der Waals surface area contributed by atoms with Crippen LogP contribution in [0.15, 0.2) is 18.2 Å². The SMILES string of the molecule is COC(=O)c1cc(CC(C)CC(N)=O)ccc1C=O. The lowest BCUT2D eigenvalue weighted by Crippen LogP contribution is -2.16. The summed E-state index contributed by atoms with van der Waals surface area (Å²) in [4.78, 5) is 33.2. The predicted octanol–water partition coefficient (Wildman–Crippen LogP) is 1.34. The van der Waals surface area contributed by atoms with Crippen molar-refractivity contribution in [3.8, 4) is 0 Å². The molecule has 1 amide bonds. The van der Waals surface area contributed by atoms with E-state index in [9.17, 15) is 14.4 Å². The van der Waals surface area contributed by atoms with Crippen molar-refractivity contribution in [2.24, 2.45) is 11.7 Å². The second-order valence-electron chi connectivity index (χ2n) is 4.51. The molecular formula is C14H17NO4. The Morgan fingerprint density at radius 1 is 1.42 bits per heavy atom. The second-order valence-corrected chi connectivity index (χ2v) is 4.51. The molecule has 0 radical (unpaired) electrons. The summed E-state index contributed by atoms with van der Waals surface area (Å²) in [5.41, 5.74) is 6.52. The third-order valence-electron chi connectivity index (χ3n) is 2.78. The fraction of sp³-hybridized carbons (Fsp3) is 0.357. The first kappa shape index (κ1) is 14.9. The molecule has 0 aliphatic rings. The van der Waals surface area contributed by atoms with Crippen LogP contribution in [0.25, 0.3) is 0 Å². The first-order chi connectivity index (χ1) is 8.97. The van der Waals surface area contributed by atoms with Gasteiger partial charge in [0.1, 0.15) is 0 Å². The van der Waals surface area contributed by atoms with E-state index in [1.807, 2.05) is 6.92 Å². The lowest BCUT2D eigenvalue weighted by Gasteiger charge is -2.11. The van der Waals surface area contributed by atoms with Crippen LogP contribution < -0.4 is 5.73 Å². The fourth-order valence-corrected chi connectivity index (χ4v) is 1.94. The third-order valence-corrected chi connectivity index (χ3v) is 2.78. The van der Waals surface area contributed by atoms with Crippen molar-refractivity contribution < 1.29 is 19.1 Å². The van der Waals surface area contributed by atoms with E-state index in [1.165, 1.54) is 7.11 Å². The zero-order valence-corrected chi connectivity index (χ0v) is 11.0. The summed E-state index contributed by atoms with van der Waals surface area (Å²) in [5, 5.41) is 0. The highest BCUT2D eigenvalue weighted by Gasteiger charge is 2.14. The lowest BCUT2D eigenvalue weighted by atomic mass is 9.95. The number of carbonyl (C=O) groups is 3. The molecule has 0 spiro atoms. The Labute approximate surface area is 111 Å². The van der Waals surface area contributed by atoms with Gasteiger partial charge in [-0.3, -0.25) is 9.59 Å². The van der Waals surface area contributed by atoms with Crippen LogP contribution in [-0.4, -0.2) is 25.3 Å². The van der Waals surface area contributed by atoms with Crippen LogP contribution >= 0.6 is 0 Å². The van der Waals surface area contributed by atoms with Gasteiger partial charge in [0, 0.05) is 12.0 Å². The Kier molecular flexibility index (Phi) is 5.23. The van der Waals surface area contributed by atoms with Crippen molar-refractivity contribution in [2.75, 3.05) is 7.11 Å². The molecule has 0 saturated carbocycles. The number of rotatable bonds is 6. The van der Waals surface area contributed by atoms with Crippen molar-refractivity contribution in [2.45, 2.75) is 19.8 Å². The highest BCUT2D eigenvalue weighted by molar-refractivity contribution is 5.98. The van der Waals surface area contributed by atoms with Gasteiger partial charge in [0.2, 0.25) is 5.91 Å². The average Bonchev–Trinajstić information content (AvgIpc) is 2.36. The Morgan fingerprint density at radius 2 is 2.11 bits per heavy atom. The van der Waals surface area contributed by atoms with Gasteiger partial charge in [0.25, 0.3) is 0 Å². The van der Waals surface area contributed by atoms with Crippen molar-refractivity contribution >= 4 is 18.2 Å². The molecule has 0 bridgehead atoms. The minimum absolute atomic E-state index is 0.0741. The van der Waals surface area contributed by atoms with Gasteiger partial charge in [-0.2, -0.15) is 0 Å². The zero-order valence-electron chi connectivity index (χ0n) is 11.0. The summed E-state index contributed by atoms with van der Waals surface area (Å²) in [6, 6.07) is 4.95. The monoisotopic (exact) mass is 263 g/mol. The maximum Gasteiger partial charge on any atom is 0.338 e. The van der Waals surface area contributed by atoms with E-state index in [2.05, 4.69) is 4.74 Å². The largest absolute Gasteiger partial charge is 0.465 e. The van der Waals surface area contributed by atoms with Gasteiger partial charge in [0.15, 0.2) is 6.29 Å².